The van der Waals surface area contributed by atoms with Crippen molar-refractivity contribution in [3.8, 4) is 5.88 Å². The van der Waals surface area contributed by atoms with Gasteiger partial charge in [0.2, 0.25) is 5.88 Å². The zero-order valence-electron chi connectivity index (χ0n) is 19.8. The van der Waals surface area contributed by atoms with Crippen molar-refractivity contribution in [2.75, 3.05) is 7.11 Å². The first-order chi connectivity index (χ1) is 16.3. The topological polar surface area (TPSA) is 88.1 Å². The van der Waals surface area contributed by atoms with E-state index in [0.717, 1.165) is 42.3 Å². The Labute approximate surface area is 198 Å². The van der Waals surface area contributed by atoms with E-state index in [1.807, 2.05) is 25.1 Å². The van der Waals surface area contributed by atoms with Crippen LogP contribution in [0.3, 0.4) is 0 Å². The van der Waals surface area contributed by atoms with Gasteiger partial charge >= 0.3 is 5.97 Å². The number of pyridine rings is 1. The van der Waals surface area contributed by atoms with E-state index in [0.29, 0.717) is 34.8 Å². The molecule has 34 heavy (non-hydrogen) atoms. The Morgan fingerprint density at radius 3 is 2.47 bits per heavy atom. The van der Waals surface area contributed by atoms with E-state index in [1.165, 1.54) is 11.6 Å². The lowest BCUT2D eigenvalue weighted by molar-refractivity contribution is -0.138. The number of hydrogen-bond acceptors (Lipinski definition) is 4. The summed E-state index contributed by atoms with van der Waals surface area (Å²) >= 11 is 0. The summed E-state index contributed by atoms with van der Waals surface area (Å²) < 4.78 is 20.2. The van der Waals surface area contributed by atoms with Crippen molar-refractivity contribution >= 4 is 28.3 Å². The third-order valence-corrected chi connectivity index (χ3v) is 6.73. The third-order valence-electron chi connectivity index (χ3n) is 6.73. The Hall–Kier alpha value is -3.48. The molecule has 7 heteroatoms. The van der Waals surface area contributed by atoms with Gasteiger partial charge in [-0.2, -0.15) is 4.98 Å². The SMILES string of the molecule is COc1ccc2[nH]c(C(C)=C(F)/C=C(\C)c3ccc(C4CCC(CC(=O)O)CC4)cc3)nc2n1. The molecule has 1 aliphatic carbocycles. The standard InChI is InChI=1S/C27H30FN3O3/c1-16(14-22(28)17(2)26-29-23-12-13-24(34-3)30-27(23)31-26)19-8-10-21(11-9-19)20-6-4-18(5-7-20)15-25(32)33/h8-14,18,20H,4-7,15H2,1-3H3,(H,32,33)(H,29,30,31)/b16-14+,22-17?. The third kappa shape index (κ3) is 5.35. The molecule has 2 N–H and O–H groups in total. The van der Waals surface area contributed by atoms with E-state index in [2.05, 4.69) is 27.1 Å². The molecule has 6 nitrogen and oxygen atoms in total. The van der Waals surface area contributed by atoms with Crippen LogP contribution in [0.2, 0.25) is 0 Å². The second-order valence-corrected chi connectivity index (χ2v) is 9.05. The Morgan fingerprint density at radius 2 is 1.82 bits per heavy atom. The van der Waals surface area contributed by atoms with Crippen molar-refractivity contribution in [3.05, 3.63) is 65.3 Å². The normalized spacial score (nSPS) is 19.7. The number of hydrogen-bond donors (Lipinski definition) is 2. The molecule has 3 aromatic rings. The predicted octanol–water partition coefficient (Wildman–Crippen LogP) is 6.52. The number of imidazole rings is 1. The minimum atomic E-state index is -0.705. The highest BCUT2D eigenvalue weighted by atomic mass is 19.1. The van der Waals surface area contributed by atoms with Crippen molar-refractivity contribution in [1.29, 1.82) is 0 Å². The maximum Gasteiger partial charge on any atom is 0.303 e. The Bertz CT molecular complexity index is 1240. The van der Waals surface area contributed by atoms with Crippen LogP contribution in [-0.4, -0.2) is 33.1 Å². The summed E-state index contributed by atoms with van der Waals surface area (Å²) in [5.74, 6) is 0.586. The van der Waals surface area contributed by atoms with Crippen molar-refractivity contribution in [1.82, 2.24) is 15.0 Å². The summed E-state index contributed by atoms with van der Waals surface area (Å²) in [4.78, 5) is 22.7. The maximum absolute atomic E-state index is 15.0. The number of H-pyrrole nitrogens is 1. The quantitative estimate of drug-likeness (QED) is 0.390. The van der Waals surface area contributed by atoms with Crippen LogP contribution in [0.25, 0.3) is 22.3 Å². The molecule has 1 saturated carbocycles. The van der Waals surface area contributed by atoms with Gasteiger partial charge in [0.1, 0.15) is 11.7 Å². The molecule has 0 saturated heterocycles. The molecule has 0 atom stereocenters. The largest absolute Gasteiger partial charge is 0.481 e. The van der Waals surface area contributed by atoms with Crippen LogP contribution < -0.4 is 4.74 Å². The van der Waals surface area contributed by atoms with Crippen LogP contribution >= 0.6 is 0 Å². The molecule has 0 radical (unpaired) electrons. The molecule has 0 aliphatic heterocycles. The van der Waals surface area contributed by atoms with Crippen molar-refractivity contribution in [2.24, 2.45) is 5.92 Å². The Balaban J connectivity index is 1.46. The molecule has 0 spiro atoms. The van der Waals surface area contributed by atoms with Gasteiger partial charge in [-0.15, -0.1) is 0 Å². The number of methoxy groups -OCH3 is 1. The van der Waals surface area contributed by atoms with Crippen LogP contribution in [0.4, 0.5) is 4.39 Å². The Morgan fingerprint density at radius 1 is 1.12 bits per heavy atom. The fraction of sp³-hybridized carbons (Fsp3) is 0.370. The average molecular weight is 464 g/mol. The number of nitrogens with zero attached hydrogens (tertiary/aromatic N) is 2. The van der Waals surface area contributed by atoms with Gasteiger partial charge in [0.25, 0.3) is 0 Å². The average Bonchev–Trinajstić information content (AvgIpc) is 3.27. The molecule has 2 heterocycles. The number of carboxylic acids is 1. The first kappa shape index (κ1) is 23.7. The van der Waals surface area contributed by atoms with Gasteiger partial charge in [0, 0.05) is 18.1 Å². The summed E-state index contributed by atoms with van der Waals surface area (Å²) in [6, 6.07) is 11.8. The van der Waals surface area contributed by atoms with Crippen LogP contribution in [0.1, 0.15) is 68.8 Å². The van der Waals surface area contributed by atoms with E-state index >= 15 is 4.39 Å². The van der Waals surface area contributed by atoms with Gasteiger partial charge in [-0.1, -0.05) is 24.3 Å². The molecule has 1 aromatic carbocycles. The molecule has 4 rings (SSSR count). The van der Waals surface area contributed by atoms with Crippen molar-refractivity contribution in [2.45, 2.75) is 51.9 Å². The van der Waals surface area contributed by atoms with Gasteiger partial charge in [-0.05, 0) is 80.2 Å². The molecule has 0 unspecified atom stereocenters. The smallest absolute Gasteiger partial charge is 0.303 e. The number of carboxylic acid groups (broad SMARTS) is 1. The van der Waals surface area contributed by atoms with E-state index in [1.54, 1.807) is 20.1 Å². The second-order valence-electron chi connectivity index (χ2n) is 9.05. The molecular weight excluding hydrogens is 433 g/mol. The number of rotatable bonds is 7. The number of ether oxygens (including phenoxy) is 1. The summed E-state index contributed by atoms with van der Waals surface area (Å²) in [6.07, 6.45) is 5.74. The lowest BCUT2D eigenvalue weighted by atomic mass is 9.77. The molecule has 178 valence electrons. The number of aromatic amines is 1. The van der Waals surface area contributed by atoms with E-state index in [9.17, 15) is 4.79 Å². The van der Waals surface area contributed by atoms with Crippen LogP contribution in [0.5, 0.6) is 5.88 Å². The number of benzene rings is 1. The summed E-state index contributed by atoms with van der Waals surface area (Å²) in [5.41, 5.74) is 4.66. The Kier molecular flexibility index (Phi) is 7.10. The van der Waals surface area contributed by atoms with Crippen LogP contribution in [0.15, 0.2) is 48.3 Å². The number of aromatic nitrogens is 3. The molecule has 0 amide bonds. The number of aliphatic carboxylic acids is 1. The van der Waals surface area contributed by atoms with Crippen molar-refractivity contribution in [3.63, 3.8) is 0 Å². The van der Waals surface area contributed by atoms with Crippen LogP contribution in [-0.2, 0) is 4.79 Å². The monoisotopic (exact) mass is 463 g/mol. The number of halogens is 1. The molecule has 1 fully saturated rings. The lowest BCUT2D eigenvalue weighted by Gasteiger charge is -2.28. The zero-order valence-corrected chi connectivity index (χ0v) is 19.8. The fourth-order valence-corrected chi connectivity index (χ4v) is 4.63. The lowest BCUT2D eigenvalue weighted by Crippen LogP contribution is -2.16. The summed E-state index contributed by atoms with van der Waals surface area (Å²) in [5, 5.41) is 9.00. The zero-order chi connectivity index (χ0) is 24.2. The number of allylic oxidation sites excluding steroid dienone is 4. The first-order valence-corrected chi connectivity index (χ1v) is 11.6. The van der Waals surface area contributed by atoms with Crippen LogP contribution in [0, 0.1) is 5.92 Å². The second kappa shape index (κ2) is 10.2. The minimum absolute atomic E-state index is 0.271. The van der Waals surface area contributed by atoms with Gasteiger partial charge in [-0.3, -0.25) is 4.79 Å². The van der Waals surface area contributed by atoms with E-state index in [4.69, 9.17) is 9.84 Å². The number of carbonyl (C=O) groups is 1. The highest BCUT2D eigenvalue weighted by Crippen LogP contribution is 2.37. The molecule has 2 aromatic heterocycles. The summed E-state index contributed by atoms with van der Waals surface area (Å²) in [7, 11) is 1.54. The number of fused-ring (bicyclic) bond motifs is 1. The first-order valence-electron chi connectivity index (χ1n) is 11.6. The highest BCUT2D eigenvalue weighted by Gasteiger charge is 2.24. The molecule has 0 bridgehead atoms. The van der Waals surface area contributed by atoms with Gasteiger partial charge < -0.3 is 14.8 Å². The maximum atomic E-state index is 15.0. The van der Waals surface area contributed by atoms with Gasteiger partial charge in [0.15, 0.2) is 5.65 Å². The van der Waals surface area contributed by atoms with E-state index < -0.39 is 5.97 Å². The summed E-state index contributed by atoms with van der Waals surface area (Å²) in [6.45, 7) is 3.59. The van der Waals surface area contributed by atoms with Gasteiger partial charge in [0.05, 0.1) is 12.6 Å². The number of nitrogens with one attached hydrogen (secondary N) is 1. The minimum Gasteiger partial charge on any atom is -0.481 e. The van der Waals surface area contributed by atoms with Gasteiger partial charge in [-0.25, -0.2) is 9.37 Å². The predicted molar refractivity (Wildman–Crippen MR) is 131 cm³/mol. The highest BCUT2D eigenvalue weighted by molar-refractivity contribution is 5.78. The fourth-order valence-electron chi connectivity index (χ4n) is 4.63. The van der Waals surface area contributed by atoms with Crippen molar-refractivity contribution < 1.29 is 19.0 Å². The van der Waals surface area contributed by atoms with E-state index in [-0.39, 0.29) is 12.2 Å². The molecular formula is C27H30FN3O3. The molecule has 1 aliphatic rings.